The van der Waals surface area contributed by atoms with Crippen molar-refractivity contribution < 1.29 is 28.6 Å². The minimum atomic E-state index is -0.893. The Bertz CT molecular complexity index is 1130. The van der Waals surface area contributed by atoms with E-state index in [0.29, 0.717) is 28.4 Å². The van der Waals surface area contributed by atoms with Gasteiger partial charge in [-0.05, 0) is 30.3 Å². The number of benzene rings is 2. The molecule has 1 unspecified atom stereocenters. The summed E-state index contributed by atoms with van der Waals surface area (Å²) >= 11 is 0. The third kappa shape index (κ3) is 3.66. The quantitative estimate of drug-likeness (QED) is 0.370. The normalized spacial score (nSPS) is 17.7. The molecule has 4 rings (SSSR count). The zero-order valence-electron chi connectivity index (χ0n) is 17.1. The van der Waals surface area contributed by atoms with Gasteiger partial charge in [0.1, 0.15) is 23.0 Å². The third-order valence-electron chi connectivity index (χ3n) is 5.22. The van der Waals surface area contributed by atoms with Crippen molar-refractivity contribution in [3.05, 3.63) is 89.4 Å². The molecular formula is C24H21NO6. The van der Waals surface area contributed by atoms with Gasteiger partial charge in [0.25, 0.3) is 11.7 Å². The molecule has 2 heterocycles. The number of ketones is 1. The van der Waals surface area contributed by atoms with Gasteiger partial charge in [-0.2, -0.15) is 0 Å². The van der Waals surface area contributed by atoms with Gasteiger partial charge in [0, 0.05) is 11.1 Å². The first kappa shape index (κ1) is 20.3. The van der Waals surface area contributed by atoms with Crippen molar-refractivity contribution in [3.8, 4) is 11.5 Å². The van der Waals surface area contributed by atoms with Crippen LogP contribution in [0.2, 0.25) is 0 Å². The lowest BCUT2D eigenvalue weighted by molar-refractivity contribution is -0.140. The van der Waals surface area contributed by atoms with Gasteiger partial charge in [0.05, 0.1) is 38.6 Å². The van der Waals surface area contributed by atoms with Gasteiger partial charge in [0.15, 0.2) is 0 Å². The number of rotatable bonds is 6. The van der Waals surface area contributed by atoms with Crippen molar-refractivity contribution in [2.24, 2.45) is 0 Å². The molecule has 1 atom stereocenters. The van der Waals surface area contributed by atoms with Crippen LogP contribution in [0.5, 0.6) is 11.5 Å². The lowest BCUT2D eigenvalue weighted by atomic mass is 9.94. The van der Waals surface area contributed by atoms with Crippen molar-refractivity contribution >= 4 is 17.4 Å². The van der Waals surface area contributed by atoms with Gasteiger partial charge in [-0.3, -0.25) is 9.59 Å². The molecule has 0 aliphatic carbocycles. The summed E-state index contributed by atoms with van der Waals surface area (Å²) in [6.45, 7) is 0.0498. The van der Waals surface area contributed by atoms with Gasteiger partial charge in [-0.15, -0.1) is 0 Å². The van der Waals surface area contributed by atoms with Crippen molar-refractivity contribution in [3.63, 3.8) is 0 Å². The highest BCUT2D eigenvalue weighted by Crippen LogP contribution is 2.44. The van der Waals surface area contributed by atoms with Crippen LogP contribution in [-0.2, 0) is 16.1 Å². The van der Waals surface area contributed by atoms with Crippen LogP contribution in [-0.4, -0.2) is 35.9 Å². The number of carbonyl (C=O) groups excluding carboxylic acids is 2. The van der Waals surface area contributed by atoms with Crippen molar-refractivity contribution in [2.45, 2.75) is 12.6 Å². The molecule has 1 aromatic heterocycles. The number of furan rings is 1. The average molecular weight is 419 g/mol. The number of carbonyl (C=O) groups is 2. The fraction of sp³-hybridized carbons (Fsp3) is 0.167. The van der Waals surface area contributed by atoms with Crippen LogP contribution in [0, 0.1) is 0 Å². The smallest absolute Gasteiger partial charge is 0.296 e. The molecule has 0 saturated carbocycles. The monoisotopic (exact) mass is 419 g/mol. The predicted octanol–water partition coefficient (Wildman–Crippen LogP) is 3.92. The van der Waals surface area contributed by atoms with E-state index in [1.807, 2.05) is 0 Å². The van der Waals surface area contributed by atoms with Crippen molar-refractivity contribution in [2.75, 3.05) is 14.2 Å². The topological polar surface area (TPSA) is 89.2 Å². The number of likely N-dealkylation sites (tertiary alicyclic amines) is 1. The lowest BCUT2D eigenvalue weighted by Gasteiger charge is -2.26. The molecule has 2 aromatic carbocycles. The van der Waals surface area contributed by atoms with Gasteiger partial charge >= 0.3 is 0 Å². The van der Waals surface area contributed by atoms with Crippen LogP contribution in [0.1, 0.15) is 22.9 Å². The highest BCUT2D eigenvalue weighted by atomic mass is 16.5. The van der Waals surface area contributed by atoms with Crippen molar-refractivity contribution in [1.82, 2.24) is 4.90 Å². The fourth-order valence-corrected chi connectivity index (χ4v) is 3.74. The number of ether oxygens (including phenoxy) is 2. The summed E-state index contributed by atoms with van der Waals surface area (Å²) in [6, 6.07) is 16.3. The maximum absolute atomic E-state index is 13.1. The molecule has 1 aliphatic rings. The number of hydrogen-bond donors (Lipinski definition) is 1. The molecule has 7 heteroatoms. The first-order chi connectivity index (χ1) is 15.0. The second-order valence-corrected chi connectivity index (χ2v) is 6.98. The molecule has 0 radical (unpaired) electrons. The number of aliphatic hydroxyl groups excluding tert-OH is 1. The zero-order valence-corrected chi connectivity index (χ0v) is 17.1. The number of amides is 1. The van der Waals surface area contributed by atoms with E-state index in [9.17, 15) is 14.7 Å². The van der Waals surface area contributed by atoms with Crippen LogP contribution in [0.3, 0.4) is 0 Å². The Morgan fingerprint density at radius 3 is 2.45 bits per heavy atom. The predicted molar refractivity (Wildman–Crippen MR) is 113 cm³/mol. The molecule has 0 spiro atoms. The molecule has 158 valence electrons. The Hall–Kier alpha value is -4.00. The Labute approximate surface area is 179 Å². The molecule has 1 saturated heterocycles. The number of hydrogen-bond acceptors (Lipinski definition) is 6. The Morgan fingerprint density at radius 1 is 1.03 bits per heavy atom. The maximum atomic E-state index is 13.1. The van der Waals surface area contributed by atoms with E-state index in [1.54, 1.807) is 60.7 Å². The molecule has 1 aliphatic heterocycles. The average Bonchev–Trinajstić information content (AvgIpc) is 3.41. The summed E-state index contributed by atoms with van der Waals surface area (Å²) in [7, 11) is 3.02. The van der Waals surface area contributed by atoms with Crippen LogP contribution in [0.4, 0.5) is 0 Å². The molecule has 1 amide bonds. The van der Waals surface area contributed by atoms with E-state index in [4.69, 9.17) is 13.9 Å². The third-order valence-corrected chi connectivity index (χ3v) is 5.22. The van der Waals surface area contributed by atoms with E-state index in [-0.39, 0.29) is 17.9 Å². The summed E-state index contributed by atoms with van der Waals surface area (Å²) < 4.78 is 16.3. The highest BCUT2D eigenvalue weighted by molar-refractivity contribution is 6.46. The van der Waals surface area contributed by atoms with Crippen molar-refractivity contribution in [1.29, 1.82) is 0 Å². The standard InChI is InChI=1S/C24H21NO6/c1-29-16-10-11-19(30-2)18(13-16)21-20(22(26)15-7-4-3-5-8-15)23(27)24(28)25(21)14-17-9-6-12-31-17/h3-13,21,26H,14H2,1-2H3. The van der Waals surface area contributed by atoms with Gasteiger partial charge in [0.2, 0.25) is 0 Å². The minimum Gasteiger partial charge on any atom is -0.507 e. The minimum absolute atomic E-state index is 0.0192. The fourth-order valence-electron chi connectivity index (χ4n) is 3.74. The van der Waals surface area contributed by atoms with Gasteiger partial charge < -0.3 is 23.9 Å². The van der Waals surface area contributed by atoms with E-state index in [2.05, 4.69) is 0 Å². The SMILES string of the molecule is COc1ccc(OC)c(C2C(=C(O)c3ccccc3)C(=O)C(=O)N2Cc2ccco2)c1. The second kappa shape index (κ2) is 8.39. The molecule has 0 bridgehead atoms. The zero-order chi connectivity index (χ0) is 22.0. The summed E-state index contributed by atoms with van der Waals surface area (Å²) in [6.07, 6.45) is 1.50. The molecule has 3 aromatic rings. The van der Waals surface area contributed by atoms with Gasteiger partial charge in [-0.25, -0.2) is 0 Å². The Kier molecular flexibility index (Phi) is 5.49. The summed E-state index contributed by atoms with van der Waals surface area (Å²) in [4.78, 5) is 27.5. The summed E-state index contributed by atoms with van der Waals surface area (Å²) in [5.74, 6) is -0.272. The Balaban J connectivity index is 1.94. The lowest BCUT2D eigenvalue weighted by Crippen LogP contribution is -2.29. The number of nitrogens with zero attached hydrogens (tertiary/aromatic N) is 1. The number of Topliss-reactive ketones (excluding diaryl/α,β-unsaturated/α-hetero) is 1. The van der Waals surface area contributed by atoms with E-state index < -0.39 is 17.7 Å². The first-order valence-corrected chi connectivity index (χ1v) is 9.63. The first-order valence-electron chi connectivity index (χ1n) is 9.63. The van der Waals surface area contributed by atoms with Crippen LogP contribution in [0.15, 0.2) is 76.9 Å². The highest BCUT2D eigenvalue weighted by Gasteiger charge is 2.47. The van der Waals surface area contributed by atoms with E-state index in [1.165, 1.54) is 25.4 Å². The maximum Gasteiger partial charge on any atom is 0.296 e. The number of methoxy groups -OCH3 is 2. The molecule has 1 N–H and O–H groups in total. The Morgan fingerprint density at radius 2 is 1.81 bits per heavy atom. The number of aliphatic hydroxyl groups is 1. The van der Waals surface area contributed by atoms with E-state index in [0.717, 1.165) is 0 Å². The van der Waals surface area contributed by atoms with Gasteiger partial charge in [-0.1, -0.05) is 30.3 Å². The molecule has 31 heavy (non-hydrogen) atoms. The molecular weight excluding hydrogens is 398 g/mol. The van der Waals surface area contributed by atoms with Crippen LogP contribution < -0.4 is 9.47 Å². The largest absolute Gasteiger partial charge is 0.507 e. The molecule has 7 nitrogen and oxygen atoms in total. The molecule has 1 fully saturated rings. The summed E-state index contributed by atoms with van der Waals surface area (Å²) in [5.41, 5.74) is 0.935. The van der Waals surface area contributed by atoms with Crippen LogP contribution in [0.25, 0.3) is 5.76 Å². The van der Waals surface area contributed by atoms with Crippen LogP contribution >= 0.6 is 0 Å². The summed E-state index contributed by atoms with van der Waals surface area (Å²) in [5, 5.41) is 11.1. The van der Waals surface area contributed by atoms with E-state index >= 15 is 0 Å². The second-order valence-electron chi connectivity index (χ2n) is 6.98.